The van der Waals surface area contributed by atoms with Crippen molar-refractivity contribution in [3.05, 3.63) is 52.6 Å². The van der Waals surface area contributed by atoms with Crippen molar-refractivity contribution >= 4 is 11.9 Å². The number of hydrogen-bond donors (Lipinski definition) is 1. The number of methoxy groups -OCH3 is 3. The van der Waals surface area contributed by atoms with Crippen molar-refractivity contribution in [3.63, 3.8) is 0 Å². The fourth-order valence-electron chi connectivity index (χ4n) is 3.56. The second-order valence-corrected chi connectivity index (χ2v) is 7.08. The fraction of sp³-hybridized carbons (Fsp3) is 0.391. The standard InChI is InChI=1S/C23H27NO6/c1-27-19-10-15(11-20(28-2)22(19)29-3)13-24-21(25)14-30-23(26)18-9-8-16-6-4-5-7-17(16)12-18/h8-12H,4-7,13-14H2,1-3H3,(H,24,25). The lowest BCUT2D eigenvalue weighted by Gasteiger charge is -2.16. The van der Waals surface area contributed by atoms with Gasteiger partial charge in [-0.15, -0.1) is 0 Å². The lowest BCUT2D eigenvalue weighted by atomic mass is 9.90. The number of aryl methyl sites for hydroxylation is 2. The number of nitrogens with one attached hydrogen (secondary N) is 1. The number of carbonyl (C=O) groups is 2. The van der Waals surface area contributed by atoms with E-state index in [1.165, 1.54) is 38.9 Å². The maximum atomic E-state index is 12.3. The Balaban J connectivity index is 1.54. The highest BCUT2D eigenvalue weighted by atomic mass is 16.5. The van der Waals surface area contributed by atoms with Gasteiger partial charge in [-0.3, -0.25) is 4.79 Å². The summed E-state index contributed by atoms with van der Waals surface area (Å²) < 4.78 is 21.1. The van der Waals surface area contributed by atoms with E-state index in [4.69, 9.17) is 18.9 Å². The average molecular weight is 413 g/mol. The number of benzene rings is 2. The molecule has 7 nitrogen and oxygen atoms in total. The molecule has 3 rings (SSSR count). The molecule has 0 aliphatic heterocycles. The Morgan fingerprint density at radius 3 is 2.20 bits per heavy atom. The Kier molecular flexibility index (Phi) is 7.17. The quantitative estimate of drug-likeness (QED) is 0.670. The van der Waals surface area contributed by atoms with Crippen LogP contribution in [0.1, 0.15) is 39.9 Å². The molecule has 0 saturated carbocycles. The van der Waals surface area contributed by atoms with E-state index in [-0.39, 0.29) is 13.2 Å². The van der Waals surface area contributed by atoms with Crippen LogP contribution in [0.4, 0.5) is 0 Å². The summed E-state index contributed by atoms with van der Waals surface area (Å²) in [6, 6.07) is 9.13. The number of amides is 1. The van der Waals surface area contributed by atoms with Gasteiger partial charge in [-0.05, 0) is 66.6 Å². The molecule has 0 aromatic heterocycles. The number of esters is 1. The molecule has 1 aliphatic rings. The number of rotatable bonds is 8. The molecule has 0 saturated heterocycles. The van der Waals surface area contributed by atoms with E-state index >= 15 is 0 Å². The van der Waals surface area contributed by atoms with E-state index < -0.39 is 11.9 Å². The Labute approximate surface area is 176 Å². The van der Waals surface area contributed by atoms with Gasteiger partial charge in [0.1, 0.15) is 0 Å². The molecule has 30 heavy (non-hydrogen) atoms. The molecule has 1 N–H and O–H groups in total. The van der Waals surface area contributed by atoms with Crippen molar-refractivity contribution in [1.29, 1.82) is 0 Å². The van der Waals surface area contributed by atoms with Crippen molar-refractivity contribution in [3.8, 4) is 17.2 Å². The highest BCUT2D eigenvalue weighted by molar-refractivity contribution is 5.91. The van der Waals surface area contributed by atoms with Crippen LogP contribution >= 0.6 is 0 Å². The number of fused-ring (bicyclic) bond motifs is 1. The molecule has 0 spiro atoms. The first-order valence-corrected chi connectivity index (χ1v) is 9.90. The van der Waals surface area contributed by atoms with Crippen LogP contribution in [0.15, 0.2) is 30.3 Å². The van der Waals surface area contributed by atoms with Crippen LogP contribution < -0.4 is 19.5 Å². The summed E-state index contributed by atoms with van der Waals surface area (Å²) in [7, 11) is 4.58. The minimum absolute atomic E-state index is 0.228. The summed E-state index contributed by atoms with van der Waals surface area (Å²) in [5.41, 5.74) is 3.73. The average Bonchev–Trinajstić information content (AvgIpc) is 2.79. The number of ether oxygens (including phenoxy) is 4. The predicted molar refractivity (Wildman–Crippen MR) is 111 cm³/mol. The SMILES string of the molecule is COc1cc(CNC(=O)COC(=O)c2ccc3c(c2)CCCC3)cc(OC)c1OC. The molecular formula is C23H27NO6. The van der Waals surface area contributed by atoms with Crippen LogP contribution in [-0.2, 0) is 28.9 Å². The van der Waals surface area contributed by atoms with E-state index in [2.05, 4.69) is 5.32 Å². The lowest BCUT2D eigenvalue weighted by Crippen LogP contribution is -2.28. The van der Waals surface area contributed by atoms with Crippen LogP contribution in [-0.4, -0.2) is 39.8 Å². The van der Waals surface area contributed by atoms with Crippen molar-refractivity contribution in [2.45, 2.75) is 32.2 Å². The van der Waals surface area contributed by atoms with Crippen molar-refractivity contribution in [2.75, 3.05) is 27.9 Å². The first-order chi connectivity index (χ1) is 14.5. The zero-order valence-electron chi connectivity index (χ0n) is 17.6. The van der Waals surface area contributed by atoms with Gasteiger partial charge in [-0.1, -0.05) is 6.07 Å². The largest absolute Gasteiger partial charge is 0.493 e. The molecule has 0 bridgehead atoms. The fourth-order valence-corrected chi connectivity index (χ4v) is 3.56. The monoisotopic (exact) mass is 413 g/mol. The van der Waals surface area contributed by atoms with E-state index in [1.807, 2.05) is 12.1 Å². The maximum Gasteiger partial charge on any atom is 0.338 e. The Hall–Kier alpha value is -3.22. The molecule has 7 heteroatoms. The van der Waals surface area contributed by atoms with Crippen LogP contribution in [0.5, 0.6) is 17.2 Å². The Morgan fingerprint density at radius 2 is 1.57 bits per heavy atom. The van der Waals surface area contributed by atoms with Gasteiger partial charge in [0.25, 0.3) is 5.91 Å². The van der Waals surface area contributed by atoms with Gasteiger partial charge in [0.05, 0.1) is 26.9 Å². The molecule has 2 aromatic rings. The molecular weight excluding hydrogens is 386 g/mol. The third-order valence-electron chi connectivity index (χ3n) is 5.13. The van der Waals surface area contributed by atoms with E-state index in [0.29, 0.717) is 22.8 Å². The van der Waals surface area contributed by atoms with E-state index in [0.717, 1.165) is 24.8 Å². The number of hydrogen-bond acceptors (Lipinski definition) is 6. The third kappa shape index (κ3) is 5.03. The maximum absolute atomic E-state index is 12.3. The highest BCUT2D eigenvalue weighted by Gasteiger charge is 2.16. The summed E-state index contributed by atoms with van der Waals surface area (Å²) in [5, 5.41) is 2.73. The Morgan fingerprint density at radius 1 is 0.900 bits per heavy atom. The molecule has 0 atom stereocenters. The third-order valence-corrected chi connectivity index (χ3v) is 5.13. The summed E-state index contributed by atoms with van der Waals surface area (Å²) in [4.78, 5) is 24.4. The van der Waals surface area contributed by atoms with Gasteiger partial charge in [-0.2, -0.15) is 0 Å². The van der Waals surface area contributed by atoms with Crippen LogP contribution in [0, 0.1) is 0 Å². The van der Waals surface area contributed by atoms with Gasteiger partial charge in [0, 0.05) is 6.54 Å². The number of carbonyl (C=O) groups excluding carboxylic acids is 2. The second kappa shape index (κ2) is 10.0. The molecule has 1 aliphatic carbocycles. The lowest BCUT2D eigenvalue weighted by molar-refractivity contribution is -0.124. The summed E-state index contributed by atoms with van der Waals surface area (Å²) in [5.74, 6) is 0.593. The summed E-state index contributed by atoms with van der Waals surface area (Å²) >= 11 is 0. The van der Waals surface area contributed by atoms with E-state index in [9.17, 15) is 9.59 Å². The molecule has 160 valence electrons. The predicted octanol–water partition coefficient (Wildman–Crippen LogP) is 3.06. The van der Waals surface area contributed by atoms with Gasteiger partial charge in [-0.25, -0.2) is 4.79 Å². The molecule has 0 heterocycles. The van der Waals surface area contributed by atoms with Gasteiger partial charge < -0.3 is 24.3 Å². The van der Waals surface area contributed by atoms with Crippen molar-refractivity contribution in [2.24, 2.45) is 0 Å². The van der Waals surface area contributed by atoms with Crippen molar-refractivity contribution < 1.29 is 28.5 Å². The molecule has 0 radical (unpaired) electrons. The zero-order valence-corrected chi connectivity index (χ0v) is 17.6. The zero-order chi connectivity index (χ0) is 21.5. The first kappa shape index (κ1) is 21.5. The molecule has 2 aromatic carbocycles. The van der Waals surface area contributed by atoms with Crippen LogP contribution in [0.3, 0.4) is 0 Å². The first-order valence-electron chi connectivity index (χ1n) is 9.90. The highest BCUT2D eigenvalue weighted by Crippen LogP contribution is 2.38. The second-order valence-electron chi connectivity index (χ2n) is 7.08. The minimum atomic E-state index is -0.494. The van der Waals surface area contributed by atoms with E-state index in [1.54, 1.807) is 18.2 Å². The summed E-state index contributed by atoms with van der Waals surface area (Å²) in [6.45, 7) is -0.119. The molecule has 0 fully saturated rings. The normalized spacial score (nSPS) is 12.5. The topological polar surface area (TPSA) is 83.1 Å². The van der Waals surface area contributed by atoms with Gasteiger partial charge in [0.2, 0.25) is 5.75 Å². The van der Waals surface area contributed by atoms with Crippen LogP contribution in [0.25, 0.3) is 0 Å². The minimum Gasteiger partial charge on any atom is -0.493 e. The van der Waals surface area contributed by atoms with Crippen molar-refractivity contribution in [1.82, 2.24) is 5.32 Å². The Bertz CT molecular complexity index is 899. The molecule has 0 unspecified atom stereocenters. The van der Waals surface area contributed by atoms with Gasteiger partial charge >= 0.3 is 5.97 Å². The summed E-state index contributed by atoms with van der Waals surface area (Å²) in [6.07, 6.45) is 4.34. The smallest absolute Gasteiger partial charge is 0.338 e. The van der Waals surface area contributed by atoms with Gasteiger partial charge in [0.15, 0.2) is 18.1 Å². The van der Waals surface area contributed by atoms with Crippen LogP contribution in [0.2, 0.25) is 0 Å². The molecule has 1 amide bonds.